The Morgan fingerprint density at radius 1 is 0.698 bits per heavy atom. The lowest BCUT2D eigenvalue weighted by Gasteiger charge is -2.29. The molecule has 1 N–H and O–H groups in total. The standard InChI is InChI=1S/C49H44N2O2/c1-48(2)43(51(32-31-45(52)53)42-30-28-37-17-11-13-19-39(37)46(42)48)21-9-6-10-22-44-49(3,33-34-23-25-36(26-24-34)35-15-7-5-8-16-35)47-40-20-14-12-18-38(40)27-29-41(47)50(44)4/h5-30H,31-33H2,1-4H3/p+1. The van der Waals surface area contributed by atoms with Crippen molar-refractivity contribution in [2.24, 2.45) is 0 Å². The number of carboxylic acids is 1. The first-order chi connectivity index (χ1) is 25.7. The minimum absolute atomic E-state index is 0.0662. The van der Waals surface area contributed by atoms with Crippen LogP contribution in [0, 0.1) is 0 Å². The highest BCUT2D eigenvalue weighted by molar-refractivity contribution is 6.07. The van der Waals surface area contributed by atoms with E-state index >= 15 is 0 Å². The molecule has 0 aromatic heterocycles. The molecule has 0 saturated carbocycles. The Bertz CT molecular complexity index is 2500. The lowest BCUT2D eigenvalue weighted by atomic mass is 9.74. The Hall–Kier alpha value is -6.00. The second-order valence-corrected chi connectivity index (χ2v) is 15.1. The SMILES string of the molecule is CN1/C(=C/C=C/C=C/C2=[N+](CCC(=O)O)c3ccc4ccccc4c3C2(C)C)C(C)(Cc2ccc(-c3ccccc3)cc2)c2c1ccc1ccccc21. The van der Waals surface area contributed by atoms with Crippen LogP contribution in [0.2, 0.25) is 0 Å². The minimum Gasteiger partial charge on any atom is -0.481 e. The predicted molar refractivity (Wildman–Crippen MR) is 221 cm³/mol. The van der Waals surface area contributed by atoms with E-state index in [1.165, 1.54) is 60.7 Å². The van der Waals surface area contributed by atoms with Crippen molar-refractivity contribution in [3.63, 3.8) is 0 Å². The van der Waals surface area contributed by atoms with Crippen molar-refractivity contribution in [2.75, 3.05) is 18.5 Å². The van der Waals surface area contributed by atoms with E-state index in [0.29, 0.717) is 6.54 Å². The molecule has 0 saturated heterocycles. The van der Waals surface area contributed by atoms with Crippen LogP contribution in [0.25, 0.3) is 32.7 Å². The van der Waals surface area contributed by atoms with Gasteiger partial charge in [-0.05, 0) is 89.2 Å². The van der Waals surface area contributed by atoms with E-state index in [9.17, 15) is 9.90 Å². The molecule has 4 nitrogen and oxygen atoms in total. The lowest BCUT2D eigenvalue weighted by Crippen LogP contribution is -2.29. The van der Waals surface area contributed by atoms with Crippen LogP contribution in [0.5, 0.6) is 0 Å². The molecule has 4 heteroatoms. The molecule has 8 rings (SSSR count). The molecule has 2 aliphatic heterocycles. The number of anilines is 1. The number of nitrogens with zero attached hydrogens (tertiary/aromatic N) is 2. The molecule has 2 heterocycles. The van der Waals surface area contributed by atoms with Crippen molar-refractivity contribution in [3.8, 4) is 11.1 Å². The normalized spacial score (nSPS) is 18.6. The van der Waals surface area contributed by atoms with Gasteiger partial charge < -0.3 is 10.0 Å². The quantitative estimate of drug-likeness (QED) is 0.121. The molecule has 6 aromatic rings. The Morgan fingerprint density at radius 3 is 2.02 bits per heavy atom. The summed E-state index contributed by atoms with van der Waals surface area (Å²) >= 11 is 0. The smallest absolute Gasteiger partial charge is 0.309 e. The maximum Gasteiger partial charge on any atom is 0.309 e. The summed E-state index contributed by atoms with van der Waals surface area (Å²) < 4.78 is 2.20. The van der Waals surface area contributed by atoms with Crippen molar-refractivity contribution in [3.05, 3.63) is 180 Å². The van der Waals surface area contributed by atoms with Gasteiger partial charge in [-0.3, -0.25) is 4.79 Å². The number of carboxylic acid groups (broad SMARTS) is 1. The van der Waals surface area contributed by atoms with Crippen LogP contribution in [0.15, 0.2) is 163 Å². The number of hydrogen-bond donors (Lipinski definition) is 1. The van der Waals surface area contributed by atoms with Crippen molar-refractivity contribution >= 4 is 44.6 Å². The summed E-state index contributed by atoms with van der Waals surface area (Å²) in [5.41, 5.74) is 10.5. The maximum absolute atomic E-state index is 11.7. The van der Waals surface area contributed by atoms with E-state index in [2.05, 4.69) is 195 Å². The highest BCUT2D eigenvalue weighted by atomic mass is 16.4. The molecule has 0 aliphatic carbocycles. The first-order valence-electron chi connectivity index (χ1n) is 18.5. The van der Waals surface area contributed by atoms with Gasteiger partial charge in [-0.1, -0.05) is 127 Å². The number of rotatable bonds is 9. The Kier molecular flexibility index (Phi) is 8.70. The number of fused-ring (bicyclic) bond motifs is 6. The monoisotopic (exact) mass is 693 g/mol. The summed E-state index contributed by atoms with van der Waals surface area (Å²) in [6.07, 6.45) is 11.7. The van der Waals surface area contributed by atoms with Crippen molar-refractivity contribution in [1.82, 2.24) is 0 Å². The second kappa shape index (κ2) is 13.5. The average molecular weight is 694 g/mol. The zero-order valence-corrected chi connectivity index (χ0v) is 30.9. The van der Waals surface area contributed by atoms with Gasteiger partial charge in [0.2, 0.25) is 5.69 Å². The summed E-state index contributed by atoms with van der Waals surface area (Å²) in [6, 6.07) is 45.6. The molecule has 2 aliphatic rings. The Balaban J connectivity index is 1.15. The van der Waals surface area contributed by atoms with Gasteiger partial charge in [-0.25, -0.2) is 0 Å². The van der Waals surface area contributed by atoms with Crippen LogP contribution in [0.3, 0.4) is 0 Å². The minimum atomic E-state index is -0.795. The van der Waals surface area contributed by atoms with Crippen LogP contribution in [-0.2, 0) is 22.0 Å². The predicted octanol–water partition coefficient (Wildman–Crippen LogP) is 11.2. The third kappa shape index (κ3) is 5.98. The van der Waals surface area contributed by atoms with E-state index in [1.54, 1.807) is 0 Å². The molecule has 6 aromatic carbocycles. The van der Waals surface area contributed by atoms with Crippen LogP contribution in [0.1, 0.15) is 43.9 Å². The van der Waals surface area contributed by atoms with Crippen molar-refractivity contribution < 1.29 is 14.5 Å². The van der Waals surface area contributed by atoms with Gasteiger partial charge in [-0.2, -0.15) is 4.58 Å². The summed E-state index contributed by atoms with van der Waals surface area (Å²) in [6.45, 7) is 7.30. The van der Waals surface area contributed by atoms with E-state index in [4.69, 9.17) is 0 Å². The third-order valence-corrected chi connectivity index (χ3v) is 11.4. The number of benzene rings is 6. The number of likely N-dealkylation sites (N-methyl/N-ethyl adjacent to an activating group) is 1. The van der Waals surface area contributed by atoms with Gasteiger partial charge in [0.25, 0.3) is 0 Å². The van der Waals surface area contributed by atoms with Gasteiger partial charge in [-0.15, -0.1) is 0 Å². The van der Waals surface area contributed by atoms with Crippen LogP contribution in [-0.4, -0.2) is 35.0 Å². The molecule has 0 amide bonds. The fourth-order valence-electron chi connectivity index (χ4n) is 8.92. The topological polar surface area (TPSA) is 43.5 Å². The zero-order valence-electron chi connectivity index (χ0n) is 30.9. The van der Waals surface area contributed by atoms with Crippen molar-refractivity contribution in [1.29, 1.82) is 0 Å². The first-order valence-corrected chi connectivity index (χ1v) is 18.5. The molecular weight excluding hydrogens is 649 g/mol. The molecule has 0 radical (unpaired) electrons. The highest BCUT2D eigenvalue weighted by Gasteiger charge is 2.46. The Labute approximate surface area is 312 Å². The molecule has 0 spiro atoms. The molecule has 1 atom stereocenters. The molecule has 1 unspecified atom stereocenters. The van der Waals surface area contributed by atoms with Crippen LogP contribution >= 0.6 is 0 Å². The van der Waals surface area contributed by atoms with E-state index in [0.717, 1.165) is 17.8 Å². The van der Waals surface area contributed by atoms with Gasteiger partial charge in [0, 0.05) is 41.6 Å². The van der Waals surface area contributed by atoms with E-state index < -0.39 is 5.97 Å². The lowest BCUT2D eigenvalue weighted by molar-refractivity contribution is -0.436. The second-order valence-electron chi connectivity index (χ2n) is 15.1. The molecule has 262 valence electrons. The van der Waals surface area contributed by atoms with E-state index in [-0.39, 0.29) is 17.3 Å². The molecule has 53 heavy (non-hydrogen) atoms. The Morgan fingerprint density at radius 2 is 1.32 bits per heavy atom. The first kappa shape index (κ1) is 34.1. The fourth-order valence-corrected chi connectivity index (χ4v) is 8.92. The average Bonchev–Trinajstić information content (AvgIpc) is 3.52. The number of carbonyl (C=O) groups is 1. The third-order valence-electron chi connectivity index (χ3n) is 11.4. The van der Waals surface area contributed by atoms with E-state index in [1.807, 2.05) is 0 Å². The summed E-state index contributed by atoms with van der Waals surface area (Å²) in [7, 11) is 2.19. The van der Waals surface area contributed by atoms with Gasteiger partial charge in [0.1, 0.15) is 6.42 Å². The highest BCUT2D eigenvalue weighted by Crippen LogP contribution is 2.52. The number of hydrogen-bond acceptors (Lipinski definition) is 2. The van der Waals surface area contributed by atoms with Gasteiger partial charge >= 0.3 is 5.97 Å². The van der Waals surface area contributed by atoms with Gasteiger partial charge in [0.15, 0.2) is 12.3 Å². The van der Waals surface area contributed by atoms with Crippen molar-refractivity contribution in [2.45, 2.75) is 44.4 Å². The summed E-state index contributed by atoms with van der Waals surface area (Å²) in [4.78, 5) is 14.1. The zero-order chi connectivity index (χ0) is 36.7. The van der Waals surface area contributed by atoms with Gasteiger partial charge in [0.05, 0.1) is 5.41 Å². The number of aliphatic carboxylic acids is 1. The maximum atomic E-state index is 11.7. The summed E-state index contributed by atoms with van der Waals surface area (Å²) in [5.74, 6) is -0.795. The number of allylic oxidation sites excluding steroid dienone is 6. The largest absolute Gasteiger partial charge is 0.481 e. The fraction of sp³-hybridized carbons (Fsp3) is 0.184. The summed E-state index contributed by atoms with van der Waals surface area (Å²) in [5, 5.41) is 14.6. The van der Waals surface area contributed by atoms with Crippen LogP contribution in [0.4, 0.5) is 11.4 Å². The molecule has 0 fully saturated rings. The van der Waals surface area contributed by atoms with Crippen LogP contribution < -0.4 is 4.90 Å². The molecule has 0 bridgehead atoms. The molecular formula is C49H45N2O2+.